The van der Waals surface area contributed by atoms with Gasteiger partial charge in [0.05, 0.1) is 12.7 Å². The van der Waals surface area contributed by atoms with E-state index in [1.54, 1.807) is 54.3 Å². The van der Waals surface area contributed by atoms with Crippen LogP contribution in [-0.2, 0) is 4.79 Å². The summed E-state index contributed by atoms with van der Waals surface area (Å²) in [5, 5.41) is 6.39. The first-order chi connectivity index (χ1) is 16.0. The molecule has 1 fully saturated rings. The summed E-state index contributed by atoms with van der Waals surface area (Å²) in [5.74, 6) is 0.318. The Morgan fingerprint density at radius 1 is 0.970 bits per heavy atom. The highest BCUT2D eigenvalue weighted by Gasteiger charge is 2.27. The molecular weight excluding hydrogens is 422 g/mol. The largest absolute Gasteiger partial charge is 0.497 e. The minimum absolute atomic E-state index is 0.0558. The highest BCUT2D eigenvalue weighted by atomic mass is 16.5. The van der Waals surface area contributed by atoms with E-state index in [9.17, 15) is 14.4 Å². The average molecular weight is 450 g/mol. The molecule has 0 spiro atoms. The third-order valence-corrected chi connectivity index (χ3v) is 5.76. The number of anilines is 1. The van der Waals surface area contributed by atoms with Gasteiger partial charge in [-0.2, -0.15) is 0 Å². The van der Waals surface area contributed by atoms with Crippen molar-refractivity contribution in [1.29, 1.82) is 0 Å². The van der Waals surface area contributed by atoms with Crippen molar-refractivity contribution in [3.8, 4) is 5.75 Å². The number of ether oxygens (including phenoxy) is 1. The van der Waals surface area contributed by atoms with Crippen molar-refractivity contribution >= 4 is 34.4 Å². The van der Waals surface area contributed by atoms with Crippen molar-refractivity contribution in [3.05, 3.63) is 60.3 Å². The maximum atomic E-state index is 13.0. The first kappa shape index (κ1) is 22.2. The lowest BCUT2D eigenvalue weighted by Gasteiger charge is -2.35. The molecule has 9 heteroatoms. The van der Waals surface area contributed by atoms with Gasteiger partial charge >= 0.3 is 6.03 Å². The first-order valence-electron chi connectivity index (χ1n) is 10.8. The molecule has 0 saturated carbocycles. The van der Waals surface area contributed by atoms with Gasteiger partial charge in [-0.3, -0.25) is 9.59 Å². The van der Waals surface area contributed by atoms with Crippen molar-refractivity contribution in [1.82, 2.24) is 20.1 Å². The van der Waals surface area contributed by atoms with Crippen molar-refractivity contribution in [3.63, 3.8) is 0 Å². The van der Waals surface area contributed by atoms with Crippen LogP contribution in [0.3, 0.4) is 0 Å². The number of carbonyl (C=O) groups is 3. The molecule has 1 atom stereocenters. The fourth-order valence-electron chi connectivity index (χ4n) is 3.80. The molecule has 33 heavy (non-hydrogen) atoms. The van der Waals surface area contributed by atoms with E-state index in [-0.39, 0.29) is 17.8 Å². The number of aromatic amines is 1. The Labute approximate surface area is 191 Å². The number of H-pyrrole nitrogens is 1. The minimum Gasteiger partial charge on any atom is -0.497 e. The number of benzene rings is 2. The number of nitrogens with one attached hydrogen (secondary N) is 3. The molecule has 0 bridgehead atoms. The van der Waals surface area contributed by atoms with Gasteiger partial charge in [-0.15, -0.1) is 0 Å². The van der Waals surface area contributed by atoms with Gasteiger partial charge < -0.3 is 30.2 Å². The van der Waals surface area contributed by atoms with Crippen LogP contribution in [0.4, 0.5) is 10.5 Å². The van der Waals surface area contributed by atoms with Crippen LogP contribution in [0.25, 0.3) is 10.9 Å². The van der Waals surface area contributed by atoms with Gasteiger partial charge in [0.1, 0.15) is 11.8 Å². The first-order valence-corrected chi connectivity index (χ1v) is 10.8. The maximum absolute atomic E-state index is 13.0. The monoisotopic (exact) mass is 449 g/mol. The molecule has 1 aromatic heterocycles. The SMILES string of the molecule is COc1ccc(NC(=O)[C@@H](C)NC(=O)N2CCN(C(=O)c3c[nH]c4ccccc34)CC2)cc1. The van der Waals surface area contributed by atoms with Gasteiger partial charge in [0.25, 0.3) is 5.91 Å². The number of hydrogen-bond donors (Lipinski definition) is 3. The Morgan fingerprint density at radius 3 is 2.33 bits per heavy atom. The van der Waals surface area contributed by atoms with Crippen molar-refractivity contribution in [2.75, 3.05) is 38.6 Å². The van der Waals surface area contributed by atoms with E-state index in [4.69, 9.17) is 4.74 Å². The summed E-state index contributed by atoms with van der Waals surface area (Å²) < 4.78 is 5.10. The molecule has 9 nitrogen and oxygen atoms in total. The Morgan fingerprint density at radius 2 is 1.64 bits per heavy atom. The van der Waals surface area contributed by atoms with E-state index in [0.717, 1.165) is 10.9 Å². The number of fused-ring (bicyclic) bond motifs is 1. The third-order valence-electron chi connectivity index (χ3n) is 5.76. The second-order valence-electron chi connectivity index (χ2n) is 7.92. The van der Waals surface area contributed by atoms with E-state index in [0.29, 0.717) is 43.2 Å². The molecule has 172 valence electrons. The Kier molecular flexibility index (Phi) is 6.48. The molecule has 2 aromatic carbocycles. The summed E-state index contributed by atoms with van der Waals surface area (Å²) in [6.45, 7) is 3.28. The van der Waals surface area contributed by atoms with Crippen LogP contribution < -0.4 is 15.4 Å². The van der Waals surface area contributed by atoms with Crippen LogP contribution in [0, 0.1) is 0 Å². The molecule has 3 N–H and O–H groups in total. The van der Waals surface area contributed by atoms with Crippen LogP contribution in [0.1, 0.15) is 17.3 Å². The number of hydrogen-bond acceptors (Lipinski definition) is 4. The topological polar surface area (TPSA) is 107 Å². The highest BCUT2D eigenvalue weighted by molar-refractivity contribution is 6.06. The molecule has 0 aliphatic carbocycles. The molecule has 1 aliphatic rings. The van der Waals surface area contributed by atoms with Gasteiger partial charge in [-0.05, 0) is 37.3 Å². The fourth-order valence-corrected chi connectivity index (χ4v) is 3.80. The van der Waals surface area contributed by atoms with Crippen molar-refractivity contribution in [2.24, 2.45) is 0 Å². The van der Waals surface area contributed by atoms with Crippen molar-refractivity contribution in [2.45, 2.75) is 13.0 Å². The number of rotatable bonds is 5. The van der Waals surface area contributed by atoms with E-state index >= 15 is 0 Å². The number of carbonyl (C=O) groups excluding carboxylic acids is 3. The van der Waals surface area contributed by atoms with Crippen LogP contribution in [-0.4, -0.2) is 72.0 Å². The van der Waals surface area contributed by atoms with E-state index in [2.05, 4.69) is 15.6 Å². The molecule has 4 amide bonds. The quantitative estimate of drug-likeness (QED) is 0.557. The lowest BCUT2D eigenvalue weighted by Crippen LogP contribution is -2.55. The van der Waals surface area contributed by atoms with Gasteiger partial charge in [0.15, 0.2) is 0 Å². The summed E-state index contributed by atoms with van der Waals surface area (Å²) in [4.78, 5) is 44.5. The predicted octanol–water partition coefficient (Wildman–Crippen LogP) is 2.67. The molecular formula is C24H27N5O4. The number of methoxy groups -OCH3 is 1. The second-order valence-corrected chi connectivity index (χ2v) is 7.92. The van der Waals surface area contributed by atoms with Crippen LogP contribution in [0.15, 0.2) is 54.7 Å². The van der Waals surface area contributed by atoms with Gasteiger partial charge in [0, 0.05) is 49.0 Å². The number of piperazine rings is 1. The normalized spacial score (nSPS) is 14.6. The van der Waals surface area contributed by atoms with E-state index in [1.807, 2.05) is 24.3 Å². The lowest BCUT2D eigenvalue weighted by atomic mass is 10.1. The number of urea groups is 1. The maximum Gasteiger partial charge on any atom is 0.318 e. The van der Waals surface area contributed by atoms with Gasteiger partial charge in [0.2, 0.25) is 5.91 Å². The summed E-state index contributed by atoms with van der Waals surface area (Å²) in [7, 11) is 1.57. The molecule has 2 heterocycles. The Balaban J connectivity index is 1.28. The minimum atomic E-state index is -0.717. The smallest absolute Gasteiger partial charge is 0.318 e. The molecule has 3 aromatic rings. The molecule has 4 rings (SSSR count). The van der Waals surface area contributed by atoms with Crippen molar-refractivity contribution < 1.29 is 19.1 Å². The van der Waals surface area contributed by atoms with E-state index in [1.165, 1.54) is 0 Å². The van der Waals surface area contributed by atoms with E-state index < -0.39 is 6.04 Å². The molecule has 0 unspecified atom stereocenters. The Hall–Kier alpha value is -4.01. The van der Waals surface area contributed by atoms with Crippen LogP contribution >= 0.6 is 0 Å². The zero-order valence-corrected chi connectivity index (χ0v) is 18.6. The standard InChI is InChI=1S/C24H27N5O4/c1-16(22(30)27-17-7-9-18(33-2)10-8-17)26-24(32)29-13-11-28(12-14-29)23(31)20-15-25-21-6-4-3-5-19(20)21/h3-10,15-16,25H,11-14H2,1-2H3,(H,26,32)(H,27,30)/t16-/m1/s1. The Bertz CT molecular complexity index is 1150. The highest BCUT2D eigenvalue weighted by Crippen LogP contribution is 2.20. The second kappa shape index (κ2) is 9.64. The number of para-hydroxylation sites is 1. The predicted molar refractivity (Wildman–Crippen MR) is 125 cm³/mol. The summed E-state index contributed by atoms with van der Waals surface area (Å²) in [6.07, 6.45) is 1.73. The van der Waals surface area contributed by atoms with Crippen LogP contribution in [0.5, 0.6) is 5.75 Å². The number of nitrogens with zero attached hydrogens (tertiary/aromatic N) is 2. The van der Waals surface area contributed by atoms with Gasteiger partial charge in [-0.25, -0.2) is 4.79 Å². The zero-order valence-electron chi connectivity index (χ0n) is 18.6. The summed E-state index contributed by atoms with van der Waals surface area (Å²) in [6, 6.07) is 13.6. The average Bonchev–Trinajstić information content (AvgIpc) is 3.28. The summed E-state index contributed by atoms with van der Waals surface area (Å²) in [5.41, 5.74) is 2.17. The molecule has 1 saturated heterocycles. The zero-order chi connectivity index (χ0) is 23.4. The summed E-state index contributed by atoms with van der Waals surface area (Å²) >= 11 is 0. The number of amides is 4. The lowest BCUT2D eigenvalue weighted by molar-refractivity contribution is -0.117. The molecule has 1 aliphatic heterocycles. The van der Waals surface area contributed by atoms with Gasteiger partial charge in [-0.1, -0.05) is 18.2 Å². The third kappa shape index (κ3) is 4.92. The fraction of sp³-hybridized carbons (Fsp3) is 0.292. The van der Waals surface area contributed by atoms with Crippen LogP contribution in [0.2, 0.25) is 0 Å². The molecule has 0 radical (unpaired) electrons. The number of aromatic nitrogens is 1.